The molecule has 2 aliphatic carbocycles. The molecule has 0 radical (unpaired) electrons. The van der Waals surface area contributed by atoms with Crippen molar-refractivity contribution in [2.24, 2.45) is 5.41 Å². The number of ether oxygens (including phenoxy) is 2. The summed E-state index contributed by atoms with van der Waals surface area (Å²) in [4.78, 5) is 8.40. The van der Waals surface area contributed by atoms with Crippen molar-refractivity contribution in [2.45, 2.75) is 50.7 Å². The maximum Gasteiger partial charge on any atom is 0.225 e. The molecular weight excluding hydrogens is 349 g/mol. The summed E-state index contributed by atoms with van der Waals surface area (Å²) in [5.74, 6) is -0.628. The summed E-state index contributed by atoms with van der Waals surface area (Å²) in [7, 11) is 0. The van der Waals surface area contributed by atoms with Crippen molar-refractivity contribution in [3.8, 4) is 0 Å². The van der Waals surface area contributed by atoms with Crippen LogP contribution < -0.4 is 0 Å². The SMILES string of the molecule is C=C1[C@@]23OC(C)(C)O[C@H]2[C@H](n2ccc4c(Cl)nc(Cl)nc42)C[C@]13C. The van der Waals surface area contributed by atoms with Gasteiger partial charge in [0.2, 0.25) is 5.28 Å². The minimum absolute atomic E-state index is 0.0761. The van der Waals surface area contributed by atoms with Gasteiger partial charge in [-0.05, 0) is 43.5 Å². The lowest BCUT2D eigenvalue weighted by molar-refractivity contribution is -0.160. The number of hydrogen-bond donors (Lipinski definition) is 0. The zero-order valence-corrected chi connectivity index (χ0v) is 15.1. The first-order chi connectivity index (χ1) is 11.2. The maximum absolute atomic E-state index is 6.32. The highest BCUT2D eigenvalue weighted by atomic mass is 35.5. The van der Waals surface area contributed by atoms with E-state index in [1.165, 1.54) is 0 Å². The Kier molecular flexibility index (Phi) is 2.62. The third-order valence-electron chi connectivity index (χ3n) is 5.91. The summed E-state index contributed by atoms with van der Waals surface area (Å²) in [6.45, 7) is 10.4. The van der Waals surface area contributed by atoms with Crippen molar-refractivity contribution in [3.63, 3.8) is 0 Å². The number of aromatic nitrogens is 3. The maximum atomic E-state index is 6.32. The first kappa shape index (κ1) is 15.1. The van der Waals surface area contributed by atoms with Crippen molar-refractivity contribution in [1.29, 1.82) is 0 Å². The summed E-state index contributed by atoms with van der Waals surface area (Å²) in [5.41, 5.74) is 1.37. The van der Waals surface area contributed by atoms with Crippen LogP contribution in [0.1, 0.15) is 33.2 Å². The Bertz CT molecular complexity index is 924. The molecule has 0 amide bonds. The molecule has 4 atom stereocenters. The monoisotopic (exact) mass is 365 g/mol. The lowest BCUT2D eigenvalue weighted by Gasteiger charge is -2.25. The van der Waals surface area contributed by atoms with Crippen LogP contribution in [0.25, 0.3) is 11.0 Å². The van der Waals surface area contributed by atoms with Gasteiger partial charge in [-0.2, -0.15) is 4.98 Å². The fraction of sp³-hybridized carbons (Fsp3) is 0.529. The van der Waals surface area contributed by atoms with Crippen molar-refractivity contribution in [3.05, 3.63) is 34.9 Å². The summed E-state index contributed by atoms with van der Waals surface area (Å²) in [6.07, 6.45) is 2.76. The molecule has 2 saturated carbocycles. The summed E-state index contributed by atoms with van der Waals surface area (Å²) >= 11 is 12.2. The molecule has 2 aromatic rings. The van der Waals surface area contributed by atoms with E-state index in [-0.39, 0.29) is 22.8 Å². The van der Waals surface area contributed by atoms with E-state index in [0.29, 0.717) is 5.15 Å². The van der Waals surface area contributed by atoms with Crippen LogP contribution in [0.2, 0.25) is 10.4 Å². The third-order valence-corrected chi connectivity index (χ3v) is 6.37. The third kappa shape index (κ3) is 1.55. The molecule has 0 unspecified atom stereocenters. The van der Waals surface area contributed by atoms with Gasteiger partial charge in [0.1, 0.15) is 22.5 Å². The molecular formula is C17H17Cl2N3O2. The van der Waals surface area contributed by atoms with Gasteiger partial charge in [0.15, 0.2) is 5.79 Å². The molecule has 3 aliphatic rings. The van der Waals surface area contributed by atoms with Crippen LogP contribution in [-0.2, 0) is 9.47 Å². The molecule has 5 nitrogen and oxygen atoms in total. The van der Waals surface area contributed by atoms with Crippen molar-refractivity contribution < 1.29 is 9.47 Å². The van der Waals surface area contributed by atoms with Crippen LogP contribution in [-0.4, -0.2) is 32.0 Å². The van der Waals surface area contributed by atoms with Gasteiger partial charge in [0.05, 0.1) is 11.4 Å². The normalized spacial score (nSPS) is 39.3. The van der Waals surface area contributed by atoms with Gasteiger partial charge >= 0.3 is 0 Å². The smallest absolute Gasteiger partial charge is 0.225 e. The Morgan fingerprint density at radius 3 is 2.79 bits per heavy atom. The van der Waals surface area contributed by atoms with Crippen LogP contribution in [0.3, 0.4) is 0 Å². The minimum atomic E-state index is -0.628. The van der Waals surface area contributed by atoms with Crippen LogP contribution in [0, 0.1) is 5.41 Å². The van der Waals surface area contributed by atoms with Crippen LogP contribution in [0.5, 0.6) is 0 Å². The Hall–Kier alpha value is -1.14. The fourth-order valence-electron chi connectivity index (χ4n) is 4.81. The van der Waals surface area contributed by atoms with E-state index < -0.39 is 11.4 Å². The van der Waals surface area contributed by atoms with Crippen LogP contribution >= 0.6 is 23.2 Å². The predicted molar refractivity (Wildman–Crippen MR) is 91.2 cm³/mol. The highest BCUT2D eigenvalue weighted by molar-refractivity contribution is 6.35. The molecule has 7 heteroatoms. The van der Waals surface area contributed by atoms with Gasteiger partial charge < -0.3 is 14.0 Å². The minimum Gasteiger partial charge on any atom is -0.342 e. The predicted octanol–water partition coefficient (Wildman–Crippen LogP) is 4.15. The number of nitrogens with zero attached hydrogens (tertiary/aromatic N) is 3. The van der Waals surface area contributed by atoms with Gasteiger partial charge in [-0.1, -0.05) is 25.1 Å². The summed E-state index contributed by atoms with van der Waals surface area (Å²) < 4.78 is 14.7. The Balaban J connectivity index is 1.66. The zero-order chi connectivity index (χ0) is 17.1. The lowest BCUT2D eigenvalue weighted by atomic mass is 10.0. The Morgan fingerprint density at radius 1 is 1.29 bits per heavy atom. The molecule has 126 valence electrons. The highest BCUT2D eigenvalue weighted by Crippen LogP contribution is 2.78. The van der Waals surface area contributed by atoms with Gasteiger partial charge in [0, 0.05) is 11.6 Å². The molecule has 24 heavy (non-hydrogen) atoms. The Labute approximate surface area is 149 Å². The molecule has 3 heterocycles. The van der Waals surface area contributed by atoms with E-state index in [1.54, 1.807) is 0 Å². The van der Waals surface area contributed by atoms with E-state index in [0.717, 1.165) is 23.0 Å². The number of fused-ring (bicyclic) bond motifs is 1. The van der Waals surface area contributed by atoms with Crippen molar-refractivity contribution >= 4 is 34.2 Å². The van der Waals surface area contributed by atoms with Crippen LogP contribution in [0.4, 0.5) is 0 Å². The molecule has 5 rings (SSSR count). The largest absolute Gasteiger partial charge is 0.342 e. The Morgan fingerprint density at radius 2 is 2.04 bits per heavy atom. The lowest BCUT2D eigenvalue weighted by Crippen LogP contribution is -2.30. The molecule has 3 fully saturated rings. The zero-order valence-electron chi connectivity index (χ0n) is 13.6. The quantitative estimate of drug-likeness (QED) is 0.432. The van der Waals surface area contributed by atoms with E-state index >= 15 is 0 Å². The molecule has 0 N–H and O–H groups in total. The first-order valence-corrected chi connectivity index (χ1v) is 8.73. The summed E-state index contributed by atoms with van der Waals surface area (Å²) in [5, 5.41) is 1.30. The molecule has 0 bridgehead atoms. The van der Waals surface area contributed by atoms with E-state index in [2.05, 4.69) is 28.0 Å². The first-order valence-electron chi connectivity index (χ1n) is 7.97. The second-order valence-corrected chi connectivity index (χ2v) is 8.30. The highest BCUT2D eigenvalue weighted by Gasteiger charge is 2.84. The second kappa shape index (κ2) is 4.15. The van der Waals surface area contributed by atoms with Crippen molar-refractivity contribution in [1.82, 2.24) is 14.5 Å². The van der Waals surface area contributed by atoms with E-state index in [4.69, 9.17) is 32.7 Å². The van der Waals surface area contributed by atoms with Gasteiger partial charge in [-0.3, -0.25) is 0 Å². The molecule has 0 aromatic carbocycles. The van der Waals surface area contributed by atoms with E-state index in [1.807, 2.05) is 26.1 Å². The van der Waals surface area contributed by atoms with Gasteiger partial charge in [-0.15, -0.1) is 0 Å². The summed E-state index contributed by atoms with van der Waals surface area (Å²) in [6, 6.07) is 2.00. The fourth-order valence-corrected chi connectivity index (χ4v) is 5.25. The van der Waals surface area contributed by atoms with E-state index in [9.17, 15) is 0 Å². The molecule has 1 saturated heterocycles. The number of halogens is 2. The molecule has 2 aromatic heterocycles. The average Bonchev–Trinajstić information content (AvgIpc) is 2.89. The average molecular weight is 366 g/mol. The number of hydrogen-bond acceptors (Lipinski definition) is 4. The van der Waals surface area contributed by atoms with Crippen molar-refractivity contribution in [2.75, 3.05) is 0 Å². The van der Waals surface area contributed by atoms with Gasteiger partial charge in [0.25, 0.3) is 0 Å². The second-order valence-electron chi connectivity index (χ2n) is 7.60. The van der Waals surface area contributed by atoms with Gasteiger partial charge in [-0.25, -0.2) is 4.98 Å². The number of rotatable bonds is 1. The molecule has 1 aliphatic heterocycles. The molecule has 1 spiro atoms. The van der Waals surface area contributed by atoms with Crippen LogP contribution in [0.15, 0.2) is 24.4 Å². The standard InChI is InChI=1S/C17H17Cl2N3O2/c1-8-16(4)7-10(11-17(8,16)24-15(2,3)23-11)22-6-5-9-12(18)20-14(19)21-13(9)22/h5-6,10-11H,1,7H2,2-4H3/t10-,11+,16-,17-/m1/s1. The topological polar surface area (TPSA) is 49.2 Å².